The van der Waals surface area contributed by atoms with Gasteiger partial charge < -0.3 is 15.1 Å². The number of nitrogens with one attached hydrogen (secondary N) is 1. The molecule has 21 heavy (non-hydrogen) atoms. The summed E-state index contributed by atoms with van der Waals surface area (Å²) in [6.45, 7) is 7.78. The van der Waals surface area contributed by atoms with E-state index < -0.39 is 0 Å². The molecule has 2 rings (SSSR count). The fraction of sp³-hybridized carbons (Fsp3) is 0.667. The summed E-state index contributed by atoms with van der Waals surface area (Å²) in [6, 6.07) is 9.88. The molecule has 3 nitrogen and oxygen atoms in total. The number of hydrogen-bond acceptors (Lipinski definition) is 3. The van der Waals surface area contributed by atoms with Crippen LogP contribution in [-0.2, 0) is 13.0 Å². The number of likely N-dealkylation sites (N-methyl/N-ethyl adjacent to an activating group) is 3. The molecule has 1 fully saturated rings. The van der Waals surface area contributed by atoms with E-state index in [9.17, 15) is 0 Å². The second kappa shape index (κ2) is 8.52. The first-order valence-electron chi connectivity index (χ1n) is 8.36. The van der Waals surface area contributed by atoms with Gasteiger partial charge in [-0.25, -0.2) is 0 Å². The Morgan fingerprint density at radius 2 is 1.95 bits per heavy atom. The molecule has 0 saturated carbocycles. The van der Waals surface area contributed by atoms with Crippen molar-refractivity contribution in [2.24, 2.45) is 0 Å². The van der Waals surface area contributed by atoms with E-state index in [1.165, 1.54) is 37.1 Å². The maximum atomic E-state index is 3.38. The first-order valence-corrected chi connectivity index (χ1v) is 8.36. The van der Waals surface area contributed by atoms with Gasteiger partial charge in [0.05, 0.1) is 0 Å². The number of rotatable bonds is 8. The molecule has 1 saturated heterocycles. The Labute approximate surface area is 130 Å². The summed E-state index contributed by atoms with van der Waals surface area (Å²) >= 11 is 0. The Hall–Kier alpha value is -0.900. The predicted molar refractivity (Wildman–Crippen MR) is 90.7 cm³/mol. The average Bonchev–Trinajstić information content (AvgIpc) is 2.86. The molecule has 1 aliphatic rings. The molecule has 0 aromatic heterocycles. The van der Waals surface area contributed by atoms with E-state index in [0.717, 1.165) is 32.1 Å². The molecule has 0 spiro atoms. The second-order valence-corrected chi connectivity index (χ2v) is 6.39. The van der Waals surface area contributed by atoms with Crippen molar-refractivity contribution in [3.63, 3.8) is 0 Å². The molecule has 1 unspecified atom stereocenters. The lowest BCUT2D eigenvalue weighted by Crippen LogP contribution is -2.36. The topological polar surface area (TPSA) is 18.5 Å². The number of nitrogens with zero attached hydrogens (tertiary/aromatic N) is 2. The highest BCUT2D eigenvalue weighted by atomic mass is 15.2. The van der Waals surface area contributed by atoms with Crippen molar-refractivity contribution in [3.8, 4) is 0 Å². The molecule has 3 heteroatoms. The Kier molecular flexibility index (Phi) is 6.68. The van der Waals surface area contributed by atoms with Gasteiger partial charge in [0.1, 0.15) is 0 Å². The van der Waals surface area contributed by atoms with Crippen molar-refractivity contribution < 1.29 is 0 Å². The van der Waals surface area contributed by atoms with Crippen LogP contribution in [0.15, 0.2) is 24.3 Å². The fourth-order valence-corrected chi connectivity index (χ4v) is 3.17. The van der Waals surface area contributed by atoms with Gasteiger partial charge in [-0.1, -0.05) is 31.2 Å². The zero-order valence-corrected chi connectivity index (χ0v) is 13.9. The summed E-state index contributed by atoms with van der Waals surface area (Å²) in [6.07, 6.45) is 3.83. The molecule has 118 valence electrons. The van der Waals surface area contributed by atoms with E-state index in [-0.39, 0.29) is 0 Å². The molecule has 0 radical (unpaired) electrons. The monoisotopic (exact) mass is 289 g/mol. The molecule has 1 heterocycles. The standard InChI is InChI=1S/C18H31N3/c1-4-19-12-11-16-7-9-17(10-8-16)14-20(2)15-18-6-5-13-21(18)3/h7-10,18-19H,4-6,11-15H2,1-3H3. The second-order valence-electron chi connectivity index (χ2n) is 6.39. The highest BCUT2D eigenvalue weighted by molar-refractivity contribution is 5.22. The Bertz CT molecular complexity index is 401. The van der Waals surface area contributed by atoms with Crippen LogP contribution in [0.25, 0.3) is 0 Å². The highest BCUT2D eigenvalue weighted by Crippen LogP contribution is 2.16. The van der Waals surface area contributed by atoms with E-state index in [2.05, 4.69) is 60.4 Å². The molecule has 1 aliphatic heterocycles. The lowest BCUT2D eigenvalue weighted by Gasteiger charge is -2.25. The van der Waals surface area contributed by atoms with E-state index in [1.807, 2.05) is 0 Å². The maximum absolute atomic E-state index is 3.38. The molecule has 1 aromatic carbocycles. The Morgan fingerprint density at radius 3 is 2.57 bits per heavy atom. The summed E-state index contributed by atoms with van der Waals surface area (Å²) in [7, 11) is 4.50. The van der Waals surface area contributed by atoms with Gasteiger partial charge in [0, 0.05) is 19.1 Å². The SMILES string of the molecule is CCNCCc1ccc(CN(C)CC2CCCN2C)cc1. The maximum Gasteiger partial charge on any atom is 0.0231 e. The number of benzene rings is 1. The zero-order valence-electron chi connectivity index (χ0n) is 13.9. The van der Waals surface area contributed by atoms with Gasteiger partial charge in [-0.2, -0.15) is 0 Å². The summed E-state index contributed by atoms with van der Waals surface area (Å²) < 4.78 is 0. The molecule has 1 aromatic rings. The Balaban J connectivity index is 1.76. The first kappa shape index (κ1) is 16.5. The largest absolute Gasteiger partial charge is 0.317 e. The van der Waals surface area contributed by atoms with Crippen LogP contribution < -0.4 is 5.32 Å². The van der Waals surface area contributed by atoms with Gasteiger partial charge in [0.25, 0.3) is 0 Å². The third-order valence-corrected chi connectivity index (χ3v) is 4.51. The lowest BCUT2D eigenvalue weighted by atomic mass is 10.1. The minimum Gasteiger partial charge on any atom is -0.317 e. The highest BCUT2D eigenvalue weighted by Gasteiger charge is 2.21. The van der Waals surface area contributed by atoms with Gasteiger partial charge in [0.15, 0.2) is 0 Å². The summed E-state index contributed by atoms with van der Waals surface area (Å²) in [4.78, 5) is 4.96. The van der Waals surface area contributed by atoms with Crippen LogP contribution >= 0.6 is 0 Å². The number of hydrogen-bond donors (Lipinski definition) is 1. The predicted octanol–water partition coefficient (Wildman–Crippen LogP) is 2.36. The summed E-state index contributed by atoms with van der Waals surface area (Å²) in [5.74, 6) is 0. The molecular weight excluding hydrogens is 258 g/mol. The van der Waals surface area contributed by atoms with Crippen molar-refractivity contribution in [2.45, 2.75) is 38.8 Å². The third-order valence-electron chi connectivity index (χ3n) is 4.51. The van der Waals surface area contributed by atoms with Crippen LogP contribution in [0, 0.1) is 0 Å². The normalized spacial score (nSPS) is 19.5. The van der Waals surface area contributed by atoms with Crippen LogP contribution in [-0.4, -0.2) is 56.1 Å². The first-order chi connectivity index (χ1) is 10.2. The summed E-state index contributed by atoms with van der Waals surface area (Å²) in [5, 5.41) is 3.38. The minimum absolute atomic E-state index is 0.745. The quantitative estimate of drug-likeness (QED) is 0.741. The van der Waals surface area contributed by atoms with Gasteiger partial charge in [-0.3, -0.25) is 0 Å². The molecule has 1 N–H and O–H groups in total. The van der Waals surface area contributed by atoms with Crippen LogP contribution in [0.3, 0.4) is 0 Å². The fourth-order valence-electron chi connectivity index (χ4n) is 3.17. The number of likely N-dealkylation sites (tertiary alicyclic amines) is 1. The van der Waals surface area contributed by atoms with Crippen LogP contribution in [0.5, 0.6) is 0 Å². The average molecular weight is 289 g/mol. The molecule has 0 amide bonds. The van der Waals surface area contributed by atoms with E-state index in [1.54, 1.807) is 0 Å². The van der Waals surface area contributed by atoms with Crippen molar-refractivity contribution in [2.75, 3.05) is 40.3 Å². The smallest absolute Gasteiger partial charge is 0.0231 e. The molecule has 0 bridgehead atoms. The van der Waals surface area contributed by atoms with Crippen molar-refractivity contribution in [1.82, 2.24) is 15.1 Å². The van der Waals surface area contributed by atoms with E-state index in [4.69, 9.17) is 0 Å². The van der Waals surface area contributed by atoms with E-state index in [0.29, 0.717) is 0 Å². The van der Waals surface area contributed by atoms with Gasteiger partial charge in [-0.15, -0.1) is 0 Å². The zero-order chi connectivity index (χ0) is 15.1. The van der Waals surface area contributed by atoms with Gasteiger partial charge in [0.2, 0.25) is 0 Å². The van der Waals surface area contributed by atoms with Crippen LogP contribution in [0.2, 0.25) is 0 Å². The molecule has 0 aliphatic carbocycles. The van der Waals surface area contributed by atoms with Crippen molar-refractivity contribution in [1.29, 1.82) is 0 Å². The van der Waals surface area contributed by atoms with E-state index >= 15 is 0 Å². The van der Waals surface area contributed by atoms with Gasteiger partial charge in [-0.05, 0) is 64.1 Å². The molecule has 1 atom stereocenters. The van der Waals surface area contributed by atoms with Crippen molar-refractivity contribution >= 4 is 0 Å². The summed E-state index contributed by atoms with van der Waals surface area (Å²) in [5.41, 5.74) is 2.85. The van der Waals surface area contributed by atoms with Crippen molar-refractivity contribution in [3.05, 3.63) is 35.4 Å². The third kappa shape index (κ3) is 5.42. The Morgan fingerprint density at radius 1 is 1.24 bits per heavy atom. The van der Waals surface area contributed by atoms with Crippen LogP contribution in [0.1, 0.15) is 30.9 Å². The molecular formula is C18H31N3. The minimum atomic E-state index is 0.745. The lowest BCUT2D eigenvalue weighted by molar-refractivity contribution is 0.215. The van der Waals surface area contributed by atoms with Crippen LogP contribution in [0.4, 0.5) is 0 Å². The van der Waals surface area contributed by atoms with Gasteiger partial charge >= 0.3 is 0 Å².